The zero-order valence-corrected chi connectivity index (χ0v) is 22.8. The third-order valence-corrected chi connectivity index (χ3v) is 6.93. The van der Waals surface area contributed by atoms with Gasteiger partial charge in [-0.2, -0.15) is 5.26 Å². The number of nitrogens with one attached hydrogen (secondary N) is 2. The van der Waals surface area contributed by atoms with Crippen LogP contribution in [0.2, 0.25) is 0 Å². The van der Waals surface area contributed by atoms with Crippen molar-refractivity contribution in [2.75, 3.05) is 6.54 Å². The van der Waals surface area contributed by atoms with Gasteiger partial charge in [0.25, 0.3) is 5.91 Å². The maximum absolute atomic E-state index is 13.6. The van der Waals surface area contributed by atoms with E-state index in [4.69, 9.17) is 21.3 Å². The van der Waals surface area contributed by atoms with Gasteiger partial charge in [0.1, 0.15) is 6.07 Å². The molecule has 1 heterocycles. The lowest BCUT2D eigenvalue weighted by molar-refractivity contribution is 0.0766. The summed E-state index contributed by atoms with van der Waals surface area (Å²) in [7, 11) is 0. The van der Waals surface area contributed by atoms with E-state index in [0.29, 0.717) is 34.4 Å². The molecule has 1 aliphatic rings. The van der Waals surface area contributed by atoms with Gasteiger partial charge < -0.3 is 15.4 Å². The van der Waals surface area contributed by atoms with Gasteiger partial charge >= 0.3 is 0 Å². The molecule has 0 aromatic heterocycles. The summed E-state index contributed by atoms with van der Waals surface area (Å²) < 4.78 is 5.28. The minimum absolute atomic E-state index is 0.104. The van der Waals surface area contributed by atoms with E-state index in [9.17, 15) is 10.1 Å². The zero-order chi connectivity index (χ0) is 27.3. The Morgan fingerprint density at radius 1 is 1.24 bits per heavy atom. The molecule has 2 atom stereocenters. The maximum atomic E-state index is 13.6. The van der Waals surface area contributed by atoms with E-state index in [1.807, 2.05) is 18.2 Å². The number of benzene rings is 2. The molecular formula is C29H33N5O2S. The second-order valence-corrected chi connectivity index (χ2v) is 11.8. The van der Waals surface area contributed by atoms with Crippen molar-refractivity contribution in [2.24, 2.45) is 5.73 Å². The van der Waals surface area contributed by atoms with Crippen LogP contribution in [0.5, 0.6) is 0 Å². The molecule has 1 fully saturated rings. The van der Waals surface area contributed by atoms with Crippen molar-refractivity contribution >= 4 is 29.5 Å². The highest BCUT2D eigenvalue weighted by Gasteiger charge is 2.29. The van der Waals surface area contributed by atoms with Crippen LogP contribution in [0.3, 0.4) is 0 Å². The summed E-state index contributed by atoms with van der Waals surface area (Å²) in [6.45, 7) is 10.2. The molecule has 0 radical (unpaired) electrons. The molecule has 8 heteroatoms. The third kappa shape index (κ3) is 6.80. The van der Waals surface area contributed by atoms with Crippen molar-refractivity contribution in [3.63, 3.8) is 0 Å². The Kier molecular flexibility index (Phi) is 8.81. The molecule has 7 nitrogen and oxygen atoms in total. The second-order valence-electron chi connectivity index (χ2n) is 9.94. The monoisotopic (exact) mass is 515 g/mol. The Labute approximate surface area is 223 Å². The fourth-order valence-electron chi connectivity index (χ4n) is 4.09. The summed E-state index contributed by atoms with van der Waals surface area (Å²) >= 11 is 1.60. The molecule has 0 saturated carbocycles. The molecule has 0 aliphatic carbocycles. The van der Waals surface area contributed by atoms with Gasteiger partial charge in [0.05, 0.1) is 17.6 Å². The molecule has 3 rings (SSSR count). The van der Waals surface area contributed by atoms with E-state index in [2.05, 4.69) is 38.7 Å². The van der Waals surface area contributed by atoms with Crippen molar-refractivity contribution in [1.29, 1.82) is 16.1 Å². The fourth-order valence-corrected chi connectivity index (χ4v) is 5.16. The Morgan fingerprint density at radius 3 is 2.57 bits per heavy atom. The fraction of sp³-hybridized carbons (Fsp3) is 0.379. The Balaban J connectivity index is 2.16. The maximum Gasteiger partial charge on any atom is 0.254 e. The summed E-state index contributed by atoms with van der Waals surface area (Å²) in [6, 6.07) is 12.2. The minimum Gasteiger partial charge on any atom is -0.424 e. The van der Waals surface area contributed by atoms with Crippen LogP contribution in [-0.4, -0.2) is 46.0 Å². The smallest absolute Gasteiger partial charge is 0.254 e. The number of amides is 1. The van der Waals surface area contributed by atoms with Gasteiger partial charge in [0, 0.05) is 32.9 Å². The lowest BCUT2D eigenvalue weighted by Gasteiger charge is -2.22. The first-order valence-corrected chi connectivity index (χ1v) is 13.0. The number of nitrogens with zero attached hydrogens (tertiary/aromatic N) is 2. The average Bonchev–Trinajstić information content (AvgIpc) is 3.30. The predicted molar refractivity (Wildman–Crippen MR) is 149 cm³/mol. The van der Waals surface area contributed by atoms with Gasteiger partial charge in [-0.25, -0.2) is 0 Å². The molecule has 2 unspecified atom stereocenters. The molecule has 2 aromatic carbocycles. The number of ether oxygens (including phenoxy) is 1. The number of hydrogen-bond donors (Lipinski definition) is 3. The molecule has 192 valence electrons. The van der Waals surface area contributed by atoms with Crippen molar-refractivity contribution in [2.45, 2.75) is 69.2 Å². The van der Waals surface area contributed by atoms with Crippen LogP contribution < -0.4 is 5.73 Å². The number of nitriles is 1. The largest absolute Gasteiger partial charge is 0.424 e. The van der Waals surface area contributed by atoms with Crippen LogP contribution in [0.15, 0.2) is 41.3 Å². The number of likely N-dealkylation sites (tertiary alicyclic amines) is 1. The first-order chi connectivity index (χ1) is 17.4. The van der Waals surface area contributed by atoms with E-state index < -0.39 is 6.04 Å². The molecule has 1 saturated heterocycles. The highest BCUT2D eigenvalue weighted by atomic mass is 32.2. The third-order valence-electron chi connectivity index (χ3n) is 5.76. The molecule has 0 bridgehead atoms. The van der Waals surface area contributed by atoms with Gasteiger partial charge in [-0.05, 0) is 56.5 Å². The topological polar surface area (TPSA) is 127 Å². The number of nitrogens with two attached hydrogens (primary N) is 1. The van der Waals surface area contributed by atoms with Crippen LogP contribution in [-0.2, 0) is 4.74 Å². The number of carbonyl (C=O) groups is 1. The first-order valence-electron chi connectivity index (χ1n) is 12.2. The number of hydrogen-bond acceptors (Lipinski definition) is 7. The lowest BCUT2D eigenvalue weighted by atomic mass is 9.95. The number of thioether (sulfide) groups is 1. The summed E-state index contributed by atoms with van der Waals surface area (Å²) in [5.74, 6) is 5.30. The van der Waals surface area contributed by atoms with Gasteiger partial charge in [0.2, 0.25) is 11.8 Å². The molecule has 0 spiro atoms. The van der Waals surface area contributed by atoms with Crippen molar-refractivity contribution in [1.82, 2.24) is 4.90 Å². The first kappa shape index (κ1) is 28.0. The average molecular weight is 516 g/mol. The normalized spacial score (nSPS) is 15.8. The van der Waals surface area contributed by atoms with Gasteiger partial charge in [-0.3, -0.25) is 15.6 Å². The molecule has 2 aromatic rings. The SMILES string of the molecule is CC#CC1CCCN1C(=O)c1cc(C(=N)OC(=N)C(C)N)cc(-c2cccc(SC(C)(C)C)c2C#N)c1. The lowest BCUT2D eigenvalue weighted by Crippen LogP contribution is -2.35. The Bertz CT molecular complexity index is 1320. The van der Waals surface area contributed by atoms with Gasteiger partial charge in [0.15, 0.2) is 0 Å². The minimum atomic E-state index is -0.682. The van der Waals surface area contributed by atoms with Crippen LogP contribution in [0, 0.1) is 34.0 Å². The summed E-state index contributed by atoms with van der Waals surface area (Å²) in [6.07, 6.45) is 1.68. The summed E-state index contributed by atoms with van der Waals surface area (Å²) in [5.41, 5.74) is 8.21. The highest BCUT2D eigenvalue weighted by Crippen LogP contribution is 2.38. The molecular weight excluding hydrogens is 482 g/mol. The van der Waals surface area contributed by atoms with E-state index in [0.717, 1.165) is 17.7 Å². The van der Waals surface area contributed by atoms with Crippen LogP contribution in [0.4, 0.5) is 0 Å². The quantitative estimate of drug-likeness (QED) is 0.212. The standard InChI is InChI=1S/C29H33N5O2S/c1-6-9-22-10-8-13-34(22)28(35)21-15-19(14-20(16-21)27(33)36-26(32)18(2)31)23-11-7-12-25(24(23)17-30)37-29(3,4)5/h7,11-12,14-16,18,22,32-33H,8,10,13,31H2,1-5H3. The van der Waals surface area contributed by atoms with Crippen molar-refractivity contribution in [3.8, 4) is 29.0 Å². The molecule has 37 heavy (non-hydrogen) atoms. The number of carbonyl (C=O) groups excluding carboxylic acids is 1. The van der Waals surface area contributed by atoms with Crippen LogP contribution >= 0.6 is 11.8 Å². The highest BCUT2D eigenvalue weighted by molar-refractivity contribution is 8.00. The van der Waals surface area contributed by atoms with Crippen molar-refractivity contribution < 1.29 is 9.53 Å². The van der Waals surface area contributed by atoms with Gasteiger partial charge in [-0.15, -0.1) is 17.7 Å². The molecule has 1 amide bonds. The van der Waals surface area contributed by atoms with Crippen LogP contribution in [0.25, 0.3) is 11.1 Å². The zero-order valence-electron chi connectivity index (χ0n) is 21.9. The molecule has 1 aliphatic heterocycles. The summed E-state index contributed by atoms with van der Waals surface area (Å²) in [4.78, 5) is 16.2. The van der Waals surface area contributed by atoms with E-state index in [1.54, 1.807) is 48.7 Å². The van der Waals surface area contributed by atoms with Crippen LogP contribution in [0.1, 0.15) is 68.9 Å². The second kappa shape index (κ2) is 11.6. The van der Waals surface area contributed by atoms with E-state index in [-0.39, 0.29) is 28.5 Å². The molecule has 4 N–H and O–H groups in total. The van der Waals surface area contributed by atoms with Crippen molar-refractivity contribution in [3.05, 3.63) is 53.1 Å². The van der Waals surface area contributed by atoms with E-state index in [1.165, 1.54) is 0 Å². The Morgan fingerprint density at radius 2 is 1.95 bits per heavy atom. The number of rotatable bonds is 5. The summed E-state index contributed by atoms with van der Waals surface area (Å²) in [5, 5.41) is 26.5. The van der Waals surface area contributed by atoms with Gasteiger partial charge in [-0.1, -0.05) is 38.8 Å². The Hall–Kier alpha value is -3.59. The van der Waals surface area contributed by atoms with E-state index >= 15 is 0 Å². The predicted octanol–water partition coefficient (Wildman–Crippen LogP) is 5.41.